The summed E-state index contributed by atoms with van der Waals surface area (Å²) in [5, 5.41) is 12.1. The van der Waals surface area contributed by atoms with E-state index in [2.05, 4.69) is 5.16 Å². The van der Waals surface area contributed by atoms with Gasteiger partial charge in [0.15, 0.2) is 6.10 Å². The van der Waals surface area contributed by atoms with Gasteiger partial charge < -0.3 is 9.94 Å². The van der Waals surface area contributed by atoms with E-state index < -0.39 is 0 Å². The molecule has 0 fully saturated rings. The molecule has 0 radical (unpaired) electrons. The van der Waals surface area contributed by atoms with Crippen LogP contribution >= 0.6 is 0 Å². The number of nitrogens with zero attached hydrogens (tertiary/aromatic N) is 1. The Hall–Kier alpha value is -0.570. The van der Waals surface area contributed by atoms with Crippen LogP contribution in [0.2, 0.25) is 0 Å². The van der Waals surface area contributed by atoms with Gasteiger partial charge in [-0.1, -0.05) is 12.1 Å². The Morgan fingerprint density at radius 1 is 1.88 bits per heavy atom. The predicted octanol–water partition coefficient (Wildman–Crippen LogP) is -0.000600. The third kappa shape index (κ3) is 0.816. The third-order valence-electron chi connectivity index (χ3n) is 1.26. The standard InChI is InChI=1S/C5H9NO2/c1-4-2-6-8-5(4)3-7/h2,4-5,7H,3H2,1H3. The van der Waals surface area contributed by atoms with Crippen molar-refractivity contribution in [3.8, 4) is 0 Å². The smallest absolute Gasteiger partial charge is 0.158 e. The monoisotopic (exact) mass is 115 g/mol. The second-order valence-electron chi connectivity index (χ2n) is 1.94. The molecule has 0 amide bonds. The second-order valence-corrected chi connectivity index (χ2v) is 1.94. The Balaban J connectivity index is 2.38. The highest BCUT2D eigenvalue weighted by atomic mass is 16.6. The summed E-state index contributed by atoms with van der Waals surface area (Å²) in [6.07, 6.45) is 1.59. The zero-order valence-corrected chi connectivity index (χ0v) is 4.74. The van der Waals surface area contributed by atoms with E-state index >= 15 is 0 Å². The van der Waals surface area contributed by atoms with Crippen molar-refractivity contribution >= 4 is 6.21 Å². The van der Waals surface area contributed by atoms with Gasteiger partial charge in [0.1, 0.15) is 0 Å². The molecule has 1 heterocycles. The van der Waals surface area contributed by atoms with E-state index in [9.17, 15) is 0 Å². The van der Waals surface area contributed by atoms with Gasteiger partial charge in [-0.05, 0) is 0 Å². The fourth-order valence-electron chi connectivity index (χ4n) is 0.601. The van der Waals surface area contributed by atoms with Crippen molar-refractivity contribution in [1.29, 1.82) is 0 Å². The van der Waals surface area contributed by atoms with Gasteiger partial charge in [0.2, 0.25) is 0 Å². The Labute approximate surface area is 48.0 Å². The molecule has 1 N–H and O–H groups in total. The third-order valence-corrected chi connectivity index (χ3v) is 1.26. The molecule has 46 valence electrons. The molecule has 3 heteroatoms. The van der Waals surface area contributed by atoms with E-state index in [1.807, 2.05) is 6.92 Å². The number of aliphatic hydroxyl groups is 1. The maximum Gasteiger partial charge on any atom is 0.158 e. The maximum absolute atomic E-state index is 8.53. The average molecular weight is 115 g/mol. The molecule has 0 aromatic heterocycles. The summed E-state index contributed by atoms with van der Waals surface area (Å²) in [4.78, 5) is 4.73. The zero-order valence-electron chi connectivity index (χ0n) is 4.74. The number of hydrogen-bond donors (Lipinski definition) is 1. The summed E-state index contributed by atoms with van der Waals surface area (Å²) in [6.45, 7) is 2.01. The Morgan fingerprint density at radius 2 is 2.62 bits per heavy atom. The normalized spacial score (nSPS) is 35.2. The van der Waals surface area contributed by atoms with Gasteiger partial charge in [-0.25, -0.2) is 0 Å². The first-order chi connectivity index (χ1) is 3.84. The van der Waals surface area contributed by atoms with Crippen molar-refractivity contribution in [2.75, 3.05) is 6.61 Å². The van der Waals surface area contributed by atoms with Crippen molar-refractivity contribution < 1.29 is 9.94 Å². The number of hydrogen-bond acceptors (Lipinski definition) is 3. The SMILES string of the molecule is CC1C=NOC1CO. The van der Waals surface area contributed by atoms with E-state index in [1.165, 1.54) is 0 Å². The lowest BCUT2D eigenvalue weighted by Gasteiger charge is -2.06. The molecule has 0 aromatic carbocycles. The molecule has 0 saturated heterocycles. The molecule has 0 aromatic rings. The van der Waals surface area contributed by atoms with Gasteiger partial charge in [-0.3, -0.25) is 0 Å². The number of oxime groups is 1. The summed E-state index contributed by atoms with van der Waals surface area (Å²) < 4.78 is 0. The molecular weight excluding hydrogens is 106 g/mol. The van der Waals surface area contributed by atoms with Crippen LogP contribution in [0.1, 0.15) is 6.92 Å². The van der Waals surface area contributed by atoms with Crippen LogP contribution in [0.15, 0.2) is 5.16 Å². The first-order valence-corrected chi connectivity index (χ1v) is 2.64. The van der Waals surface area contributed by atoms with Gasteiger partial charge >= 0.3 is 0 Å². The molecule has 8 heavy (non-hydrogen) atoms. The average Bonchev–Trinajstić information content (AvgIpc) is 2.14. The maximum atomic E-state index is 8.53. The van der Waals surface area contributed by atoms with Crippen LogP contribution in [0.4, 0.5) is 0 Å². The van der Waals surface area contributed by atoms with Crippen LogP contribution in [0.25, 0.3) is 0 Å². The van der Waals surface area contributed by atoms with Crippen molar-refractivity contribution in [1.82, 2.24) is 0 Å². The molecular formula is C5H9NO2. The summed E-state index contributed by atoms with van der Waals surface area (Å²) in [7, 11) is 0. The molecule has 1 aliphatic rings. The highest BCUT2D eigenvalue weighted by molar-refractivity contribution is 5.61. The first kappa shape index (κ1) is 5.56. The minimum Gasteiger partial charge on any atom is -0.392 e. The van der Waals surface area contributed by atoms with Crippen LogP contribution in [0.3, 0.4) is 0 Å². The first-order valence-electron chi connectivity index (χ1n) is 2.64. The Morgan fingerprint density at radius 3 is 2.88 bits per heavy atom. The van der Waals surface area contributed by atoms with Gasteiger partial charge in [0.05, 0.1) is 12.8 Å². The molecule has 0 spiro atoms. The summed E-state index contributed by atoms with van der Waals surface area (Å²) >= 11 is 0. The molecule has 0 aliphatic carbocycles. The highest BCUT2D eigenvalue weighted by Gasteiger charge is 2.20. The van der Waals surface area contributed by atoms with E-state index in [0.29, 0.717) is 0 Å². The van der Waals surface area contributed by atoms with Crippen LogP contribution < -0.4 is 0 Å². The summed E-state index contributed by atoms with van der Waals surface area (Å²) in [5.41, 5.74) is 0. The number of aliphatic hydroxyl groups excluding tert-OH is 1. The molecule has 0 bridgehead atoms. The van der Waals surface area contributed by atoms with E-state index in [4.69, 9.17) is 9.94 Å². The Kier molecular flexibility index (Phi) is 1.48. The van der Waals surface area contributed by atoms with Gasteiger partial charge in [-0.15, -0.1) is 0 Å². The van der Waals surface area contributed by atoms with Crippen LogP contribution in [-0.2, 0) is 4.84 Å². The fraction of sp³-hybridized carbons (Fsp3) is 0.800. The number of rotatable bonds is 1. The topological polar surface area (TPSA) is 41.8 Å². The van der Waals surface area contributed by atoms with Crippen LogP contribution in [-0.4, -0.2) is 24.0 Å². The minimum absolute atomic E-state index is 0.0567. The van der Waals surface area contributed by atoms with Crippen LogP contribution in [0.5, 0.6) is 0 Å². The Bertz CT molecular complexity index is 103. The lowest BCUT2D eigenvalue weighted by atomic mass is 10.1. The molecule has 0 saturated carbocycles. The van der Waals surface area contributed by atoms with Crippen molar-refractivity contribution in [3.05, 3.63) is 0 Å². The van der Waals surface area contributed by atoms with Crippen molar-refractivity contribution in [2.24, 2.45) is 11.1 Å². The van der Waals surface area contributed by atoms with Gasteiger partial charge in [0, 0.05) is 5.92 Å². The molecule has 2 atom stereocenters. The molecule has 1 rings (SSSR count). The molecule has 2 unspecified atom stereocenters. The van der Waals surface area contributed by atoms with Gasteiger partial charge in [0.25, 0.3) is 0 Å². The van der Waals surface area contributed by atoms with Crippen molar-refractivity contribution in [2.45, 2.75) is 13.0 Å². The molecule has 3 nitrogen and oxygen atoms in total. The van der Waals surface area contributed by atoms with E-state index in [-0.39, 0.29) is 18.6 Å². The lowest BCUT2D eigenvalue weighted by molar-refractivity contribution is 0.0211. The minimum atomic E-state index is -0.102. The highest BCUT2D eigenvalue weighted by Crippen LogP contribution is 2.10. The summed E-state index contributed by atoms with van der Waals surface area (Å²) in [6, 6.07) is 0. The van der Waals surface area contributed by atoms with Crippen molar-refractivity contribution in [3.63, 3.8) is 0 Å². The second kappa shape index (κ2) is 2.13. The fourth-order valence-corrected chi connectivity index (χ4v) is 0.601. The summed E-state index contributed by atoms with van der Waals surface area (Å²) in [5.74, 6) is 0.264. The largest absolute Gasteiger partial charge is 0.392 e. The lowest BCUT2D eigenvalue weighted by Crippen LogP contribution is -2.19. The van der Waals surface area contributed by atoms with Crippen LogP contribution in [0, 0.1) is 5.92 Å². The predicted molar refractivity (Wildman–Crippen MR) is 29.6 cm³/mol. The zero-order chi connectivity index (χ0) is 5.98. The molecule has 1 aliphatic heterocycles. The van der Waals surface area contributed by atoms with E-state index in [0.717, 1.165) is 0 Å². The quantitative estimate of drug-likeness (QED) is 0.522. The van der Waals surface area contributed by atoms with E-state index in [1.54, 1.807) is 6.21 Å². The van der Waals surface area contributed by atoms with Gasteiger partial charge in [-0.2, -0.15) is 0 Å².